The number of ketones is 1. The van der Waals surface area contributed by atoms with Crippen LogP contribution in [0.1, 0.15) is 47.4 Å². The SMILES string of the molecule is CCOC(=O)[C@H](CCCN1C(=O)c2ccccc2C1=O)C(C)=O. The molecule has 0 N–H and O–H groups in total. The van der Waals surface area contributed by atoms with Crippen molar-refractivity contribution in [2.24, 2.45) is 5.92 Å². The highest BCUT2D eigenvalue weighted by atomic mass is 16.5. The number of ether oxygens (including phenoxy) is 1. The molecule has 0 unspecified atom stereocenters. The van der Waals surface area contributed by atoms with Gasteiger partial charge in [0.15, 0.2) is 0 Å². The van der Waals surface area contributed by atoms with Crippen molar-refractivity contribution in [3.05, 3.63) is 35.4 Å². The number of imide groups is 1. The zero-order valence-electron chi connectivity index (χ0n) is 13.2. The smallest absolute Gasteiger partial charge is 0.316 e. The van der Waals surface area contributed by atoms with Gasteiger partial charge in [0.1, 0.15) is 11.7 Å². The lowest BCUT2D eigenvalue weighted by Gasteiger charge is -2.16. The highest BCUT2D eigenvalue weighted by molar-refractivity contribution is 6.21. The van der Waals surface area contributed by atoms with Crippen molar-refractivity contribution >= 4 is 23.6 Å². The molecule has 1 aliphatic heterocycles. The fraction of sp³-hybridized carbons (Fsp3) is 0.412. The summed E-state index contributed by atoms with van der Waals surface area (Å²) in [4.78, 5) is 48.8. The Morgan fingerprint density at radius 2 is 1.70 bits per heavy atom. The van der Waals surface area contributed by atoms with Crippen LogP contribution in [0.5, 0.6) is 0 Å². The van der Waals surface area contributed by atoms with E-state index >= 15 is 0 Å². The van der Waals surface area contributed by atoms with Gasteiger partial charge in [-0.2, -0.15) is 0 Å². The fourth-order valence-electron chi connectivity index (χ4n) is 2.63. The van der Waals surface area contributed by atoms with Crippen molar-refractivity contribution in [1.29, 1.82) is 0 Å². The first-order chi connectivity index (χ1) is 11.0. The minimum atomic E-state index is -0.842. The van der Waals surface area contributed by atoms with Crippen LogP contribution >= 0.6 is 0 Å². The van der Waals surface area contributed by atoms with Crippen molar-refractivity contribution in [2.45, 2.75) is 26.7 Å². The lowest BCUT2D eigenvalue weighted by Crippen LogP contribution is -2.32. The summed E-state index contributed by atoms with van der Waals surface area (Å²) in [7, 11) is 0. The molecule has 23 heavy (non-hydrogen) atoms. The second-order valence-electron chi connectivity index (χ2n) is 5.37. The summed E-state index contributed by atoms with van der Waals surface area (Å²) in [6.45, 7) is 3.40. The normalized spacial score (nSPS) is 14.6. The number of Topliss-reactive ketones (excluding diaryl/α,β-unsaturated/α-hetero) is 1. The number of fused-ring (bicyclic) bond motifs is 1. The predicted octanol–water partition coefficient (Wildman–Crippen LogP) is 1.83. The molecule has 1 atom stereocenters. The van der Waals surface area contributed by atoms with Gasteiger partial charge in [-0.05, 0) is 38.8 Å². The van der Waals surface area contributed by atoms with E-state index in [1.165, 1.54) is 6.92 Å². The summed E-state index contributed by atoms with van der Waals surface area (Å²) in [5.41, 5.74) is 0.789. The van der Waals surface area contributed by atoms with Crippen LogP contribution in [-0.4, -0.2) is 41.6 Å². The van der Waals surface area contributed by atoms with Crippen LogP contribution in [0.4, 0.5) is 0 Å². The molecule has 6 nitrogen and oxygen atoms in total. The van der Waals surface area contributed by atoms with Gasteiger partial charge in [-0.1, -0.05) is 12.1 Å². The van der Waals surface area contributed by atoms with E-state index in [0.717, 1.165) is 4.90 Å². The molecule has 1 aliphatic rings. The number of carbonyl (C=O) groups is 4. The molecular weight excluding hydrogens is 298 g/mol. The second-order valence-corrected chi connectivity index (χ2v) is 5.37. The third-order valence-electron chi connectivity index (χ3n) is 3.81. The van der Waals surface area contributed by atoms with Crippen molar-refractivity contribution < 1.29 is 23.9 Å². The molecule has 0 radical (unpaired) electrons. The Kier molecular flexibility index (Phi) is 5.26. The zero-order valence-corrected chi connectivity index (χ0v) is 13.2. The van der Waals surface area contributed by atoms with E-state index in [4.69, 9.17) is 4.74 Å². The fourth-order valence-corrected chi connectivity index (χ4v) is 2.63. The number of carbonyl (C=O) groups excluding carboxylic acids is 4. The van der Waals surface area contributed by atoms with Gasteiger partial charge in [0.25, 0.3) is 11.8 Å². The third kappa shape index (κ3) is 3.47. The van der Waals surface area contributed by atoms with Crippen LogP contribution in [0.15, 0.2) is 24.3 Å². The lowest BCUT2D eigenvalue weighted by molar-refractivity contribution is -0.151. The van der Waals surface area contributed by atoms with Crippen molar-refractivity contribution in [1.82, 2.24) is 4.90 Å². The van der Waals surface area contributed by atoms with Gasteiger partial charge in [-0.25, -0.2) is 0 Å². The Balaban J connectivity index is 1.97. The van der Waals surface area contributed by atoms with E-state index in [2.05, 4.69) is 0 Å². The van der Waals surface area contributed by atoms with E-state index in [0.29, 0.717) is 17.5 Å². The number of esters is 1. The van der Waals surface area contributed by atoms with Crippen molar-refractivity contribution in [2.75, 3.05) is 13.2 Å². The summed E-state index contributed by atoms with van der Waals surface area (Å²) in [5.74, 6) is -2.33. The maximum Gasteiger partial charge on any atom is 0.316 e. The minimum absolute atomic E-state index is 0.176. The standard InChI is InChI=1S/C17H19NO5/c1-3-23-17(22)12(11(2)19)9-6-10-18-15(20)13-7-4-5-8-14(13)16(18)21/h4-5,7-8,12H,3,6,9-10H2,1-2H3/t12-/m1/s1. The van der Waals surface area contributed by atoms with E-state index in [9.17, 15) is 19.2 Å². The first-order valence-electron chi connectivity index (χ1n) is 7.59. The number of amides is 2. The van der Waals surface area contributed by atoms with E-state index in [-0.39, 0.29) is 37.2 Å². The monoisotopic (exact) mass is 317 g/mol. The quantitative estimate of drug-likeness (QED) is 0.435. The van der Waals surface area contributed by atoms with Crippen LogP contribution < -0.4 is 0 Å². The minimum Gasteiger partial charge on any atom is -0.465 e. The Labute approximate surface area is 134 Å². The highest BCUT2D eigenvalue weighted by Crippen LogP contribution is 2.23. The molecule has 2 rings (SSSR count). The summed E-state index contributed by atoms with van der Waals surface area (Å²) >= 11 is 0. The second kappa shape index (κ2) is 7.17. The molecule has 1 aromatic carbocycles. The van der Waals surface area contributed by atoms with Gasteiger partial charge in [0.05, 0.1) is 17.7 Å². The van der Waals surface area contributed by atoms with Gasteiger partial charge in [0.2, 0.25) is 0 Å². The van der Waals surface area contributed by atoms with Crippen molar-refractivity contribution in [3.8, 4) is 0 Å². The number of hydrogen-bond acceptors (Lipinski definition) is 5. The summed E-state index contributed by atoms with van der Waals surface area (Å²) in [6.07, 6.45) is 0.621. The van der Waals surface area contributed by atoms with E-state index in [1.807, 2.05) is 0 Å². The van der Waals surface area contributed by atoms with Gasteiger partial charge in [-0.3, -0.25) is 24.1 Å². The molecule has 2 amide bonds. The Morgan fingerprint density at radius 1 is 1.13 bits per heavy atom. The predicted molar refractivity (Wildman–Crippen MR) is 81.8 cm³/mol. The average molecular weight is 317 g/mol. The molecule has 1 heterocycles. The maximum absolute atomic E-state index is 12.2. The number of hydrogen-bond donors (Lipinski definition) is 0. The van der Waals surface area contributed by atoms with E-state index < -0.39 is 11.9 Å². The molecule has 0 aliphatic carbocycles. The van der Waals surface area contributed by atoms with Gasteiger partial charge >= 0.3 is 5.97 Å². The number of rotatable bonds is 7. The Morgan fingerprint density at radius 3 is 2.17 bits per heavy atom. The van der Waals surface area contributed by atoms with Crippen LogP contribution in [-0.2, 0) is 14.3 Å². The van der Waals surface area contributed by atoms with Crippen molar-refractivity contribution in [3.63, 3.8) is 0 Å². The molecule has 122 valence electrons. The number of benzene rings is 1. The highest BCUT2D eigenvalue weighted by Gasteiger charge is 2.35. The first-order valence-corrected chi connectivity index (χ1v) is 7.59. The van der Waals surface area contributed by atoms with Gasteiger partial charge < -0.3 is 4.74 Å². The zero-order chi connectivity index (χ0) is 17.0. The van der Waals surface area contributed by atoms with Crippen LogP contribution in [0, 0.1) is 5.92 Å². The van der Waals surface area contributed by atoms with Crippen LogP contribution in [0.25, 0.3) is 0 Å². The Hall–Kier alpha value is -2.50. The van der Waals surface area contributed by atoms with Gasteiger partial charge in [0, 0.05) is 6.54 Å². The first kappa shape index (κ1) is 16.9. The largest absolute Gasteiger partial charge is 0.465 e. The van der Waals surface area contributed by atoms with Crippen LogP contribution in [0.2, 0.25) is 0 Å². The maximum atomic E-state index is 12.2. The topological polar surface area (TPSA) is 80.8 Å². The summed E-state index contributed by atoms with van der Waals surface area (Å²) in [6, 6.07) is 6.65. The van der Waals surface area contributed by atoms with Crippen LogP contribution in [0.3, 0.4) is 0 Å². The lowest BCUT2D eigenvalue weighted by atomic mass is 9.99. The molecule has 6 heteroatoms. The number of nitrogens with zero attached hydrogens (tertiary/aromatic N) is 1. The molecule has 0 fully saturated rings. The molecular formula is C17H19NO5. The Bertz CT molecular complexity index is 617. The molecule has 0 spiro atoms. The molecule has 0 saturated carbocycles. The van der Waals surface area contributed by atoms with Gasteiger partial charge in [-0.15, -0.1) is 0 Å². The summed E-state index contributed by atoms with van der Waals surface area (Å²) < 4.78 is 4.87. The molecule has 0 bridgehead atoms. The molecule has 0 saturated heterocycles. The molecule has 1 aromatic rings. The molecule has 0 aromatic heterocycles. The average Bonchev–Trinajstić information content (AvgIpc) is 2.76. The van der Waals surface area contributed by atoms with E-state index in [1.54, 1.807) is 31.2 Å². The third-order valence-corrected chi connectivity index (χ3v) is 3.81. The summed E-state index contributed by atoms with van der Waals surface area (Å²) in [5, 5.41) is 0.